The third-order valence-electron chi connectivity index (χ3n) is 4.49. The third-order valence-corrected chi connectivity index (χ3v) is 4.49. The van der Waals surface area contributed by atoms with E-state index in [0.29, 0.717) is 40.3 Å². The highest BCUT2D eigenvalue weighted by Gasteiger charge is 2.21. The molecule has 2 aromatic carbocycles. The first kappa shape index (κ1) is 18.7. The number of rotatable bonds is 5. The number of hydrogen-bond donors (Lipinski definition) is 1. The molecule has 1 aromatic heterocycles. The van der Waals surface area contributed by atoms with Gasteiger partial charge in [-0.3, -0.25) is 9.78 Å². The van der Waals surface area contributed by atoms with Crippen molar-refractivity contribution in [3.05, 3.63) is 65.9 Å². The molecule has 148 valence electrons. The van der Waals surface area contributed by atoms with Gasteiger partial charge in [-0.25, -0.2) is 4.79 Å². The predicted octanol–water partition coefficient (Wildman–Crippen LogP) is 2.66. The zero-order valence-corrected chi connectivity index (χ0v) is 15.9. The van der Waals surface area contributed by atoms with Gasteiger partial charge in [0, 0.05) is 11.1 Å². The highest BCUT2D eigenvalue weighted by atomic mass is 16.6. The van der Waals surface area contributed by atoms with Crippen LogP contribution < -0.4 is 14.8 Å². The molecule has 1 aliphatic rings. The summed E-state index contributed by atoms with van der Waals surface area (Å²) in [5, 5.41) is 3.39. The lowest BCUT2D eigenvalue weighted by molar-refractivity contribution is -0.124. The van der Waals surface area contributed by atoms with Crippen LogP contribution in [0.2, 0.25) is 0 Å². The van der Waals surface area contributed by atoms with E-state index in [2.05, 4.69) is 10.3 Å². The van der Waals surface area contributed by atoms with E-state index in [1.165, 1.54) is 0 Å². The van der Waals surface area contributed by atoms with Gasteiger partial charge < -0.3 is 19.5 Å². The topological polar surface area (TPSA) is 86.8 Å². The predicted molar refractivity (Wildman–Crippen MR) is 106 cm³/mol. The van der Waals surface area contributed by atoms with Gasteiger partial charge in [-0.15, -0.1) is 0 Å². The average Bonchev–Trinajstić information content (AvgIpc) is 2.75. The van der Waals surface area contributed by atoms with Gasteiger partial charge in [-0.05, 0) is 31.2 Å². The Morgan fingerprint density at radius 3 is 2.76 bits per heavy atom. The van der Waals surface area contributed by atoms with E-state index in [-0.39, 0.29) is 19.3 Å². The zero-order valence-electron chi connectivity index (χ0n) is 15.9. The molecular weight excluding hydrogens is 372 g/mol. The zero-order chi connectivity index (χ0) is 20.2. The summed E-state index contributed by atoms with van der Waals surface area (Å²) in [5.41, 5.74) is 1.80. The van der Waals surface area contributed by atoms with Crippen LogP contribution in [0.15, 0.2) is 54.6 Å². The van der Waals surface area contributed by atoms with Crippen molar-refractivity contribution in [3.63, 3.8) is 0 Å². The van der Waals surface area contributed by atoms with Crippen molar-refractivity contribution in [1.29, 1.82) is 0 Å². The number of nitrogens with zero attached hydrogens (tertiary/aromatic N) is 1. The smallest absolute Gasteiger partial charge is 0.339 e. The maximum atomic E-state index is 12.5. The molecule has 7 heteroatoms. The molecule has 0 saturated heterocycles. The van der Waals surface area contributed by atoms with E-state index >= 15 is 0 Å². The van der Waals surface area contributed by atoms with Crippen molar-refractivity contribution in [1.82, 2.24) is 10.3 Å². The van der Waals surface area contributed by atoms with Crippen LogP contribution in [0.5, 0.6) is 11.5 Å². The molecule has 1 N–H and O–H groups in total. The molecule has 29 heavy (non-hydrogen) atoms. The Hall–Kier alpha value is -3.61. The van der Waals surface area contributed by atoms with Gasteiger partial charge in [0.15, 0.2) is 18.1 Å². The van der Waals surface area contributed by atoms with Crippen LogP contribution in [0.4, 0.5) is 0 Å². The summed E-state index contributed by atoms with van der Waals surface area (Å²) in [4.78, 5) is 29.0. The number of fused-ring (bicyclic) bond motifs is 2. The number of aryl methyl sites for hydroxylation is 1. The minimum Gasteiger partial charge on any atom is -0.486 e. The van der Waals surface area contributed by atoms with E-state index in [9.17, 15) is 9.59 Å². The highest BCUT2D eigenvalue weighted by molar-refractivity contribution is 6.04. The molecule has 2 heterocycles. The molecule has 1 aliphatic heterocycles. The Labute approximate surface area is 167 Å². The minimum absolute atomic E-state index is 0.252. The minimum atomic E-state index is -0.562. The first-order valence-electron chi connectivity index (χ1n) is 9.29. The van der Waals surface area contributed by atoms with Gasteiger partial charge in [-0.2, -0.15) is 0 Å². The summed E-state index contributed by atoms with van der Waals surface area (Å²) in [6, 6.07) is 16.3. The maximum Gasteiger partial charge on any atom is 0.339 e. The van der Waals surface area contributed by atoms with Gasteiger partial charge in [0.25, 0.3) is 5.91 Å². The lowest BCUT2D eigenvalue weighted by Gasteiger charge is -2.26. The van der Waals surface area contributed by atoms with Crippen LogP contribution in [-0.2, 0) is 9.53 Å². The summed E-state index contributed by atoms with van der Waals surface area (Å²) in [5.74, 6) is 0.358. The first-order chi connectivity index (χ1) is 14.1. The van der Waals surface area contributed by atoms with E-state index in [1.807, 2.05) is 42.5 Å². The van der Waals surface area contributed by atoms with Crippen molar-refractivity contribution in [2.45, 2.75) is 13.0 Å². The van der Waals surface area contributed by atoms with Gasteiger partial charge in [-0.1, -0.05) is 30.3 Å². The van der Waals surface area contributed by atoms with Crippen LogP contribution in [0.1, 0.15) is 16.1 Å². The lowest BCUT2D eigenvalue weighted by atomic mass is 10.1. The normalized spacial score (nSPS) is 15.0. The molecule has 0 fully saturated rings. The van der Waals surface area contributed by atoms with Crippen molar-refractivity contribution in [2.24, 2.45) is 0 Å². The first-order valence-corrected chi connectivity index (χ1v) is 9.29. The molecule has 0 saturated carbocycles. The van der Waals surface area contributed by atoms with Crippen LogP contribution in [0, 0.1) is 6.92 Å². The number of nitrogens with one attached hydrogen (secondary N) is 1. The van der Waals surface area contributed by atoms with Gasteiger partial charge >= 0.3 is 5.97 Å². The number of carbonyl (C=O) groups excluding carboxylic acids is 2. The summed E-state index contributed by atoms with van der Waals surface area (Å²) < 4.78 is 16.6. The van der Waals surface area contributed by atoms with E-state index in [4.69, 9.17) is 14.2 Å². The van der Waals surface area contributed by atoms with Crippen molar-refractivity contribution in [2.75, 3.05) is 19.8 Å². The number of amides is 1. The van der Waals surface area contributed by atoms with Crippen molar-refractivity contribution in [3.8, 4) is 11.5 Å². The Morgan fingerprint density at radius 1 is 1.14 bits per heavy atom. The maximum absolute atomic E-state index is 12.5. The van der Waals surface area contributed by atoms with E-state index in [0.717, 1.165) is 0 Å². The number of benzene rings is 2. The SMILES string of the molecule is Cc1cc(C(=O)OCC(=O)NC[C@@H]2COc3ccccc3O2)c2ccccc2n1. The van der Waals surface area contributed by atoms with Crippen LogP contribution >= 0.6 is 0 Å². The monoisotopic (exact) mass is 392 g/mol. The Kier molecular flexibility index (Phi) is 5.29. The Bertz CT molecular complexity index is 1070. The molecule has 3 aromatic rings. The second-order valence-corrected chi connectivity index (χ2v) is 6.71. The summed E-state index contributed by atoms with van der Waals surface area (Å²) in [7, 11) is 0. The number of aromatic nitrogens is 1. The number of hydrogen-bond acceptors (Lipinski definition) is 6. The summed E-state index contributed by atoms with van der Waals surface area (Å²) >= 11 is 0. The quantitative estimate of drug-likeness (QED) is 0.672. The third kappa shape index (κ3) is 4.29. The van der Waals surface area contributed by atoms with E-state index < -0.39 is 11.9 Å². The number of esters is 1. The molecule has 1 atom stereocenters. The molecule has 7 nitrogen and oxygen atoms in total. The van der Waals surface area contributed by atoms with Crippen LogP contribution in [0.25, 0.3) is 10.9 Å². The molecule has 0 spiro atoms. The fourth-order valence-electron chi connectivity index (χ4n) is 3.13. The molecular formula is C22H20N2O5. The summed E-state index contributed by atoms with van der Waals surface area (Å²) in [6.45, 7) is 2.01. The molecule has 0 radical (unpaired) electrons. The Balaban J connectivity index is 1.31. The fraction of sp³-hybridized carbons (Fsp3) is 0.227. The molecule has 0 bridgehead atoms. The number of ether oxygens (including phenoxy) is 3. The second-order valence-electron chi connectivity index (χ2n) is 6.71. The van der Waals surface area contributed by atoms with E-state index in [1.54, 1.807) is 19.1 Å². The van der Waals surface area contributed by atoms with Gasteiger partial charge in [0.2, 0.25) is 0 Å². The second kappa shape index (κ2) is 8.18. The highest BCUT2D eigenvalue weighted by Crippen LogP contribution is 2.30. The lowest BCUT2D eigenvalue weighted by Crippen LogP contribution is -2.42. The average molecular weight is 392 g/mol. The number of carbonyl (C=O) groups is 2. The van der Waals surface area contributed by atoms with Crippen LogP contribution in [0.3, 0.4) is 0 Å². The fourth-order valence-corrected chi connectivity index (χ4v) is 3.13. The number of para-hydroxylation sites is 3. The molecule has 0 unspecified atom stereocenters. The van der Waals surface area contributed by atoms with Crippen molar-refractivity contribution >= 4 is 22.8 Å². The van der Waals surface area contributed by atoms with Crippen molar-refractivity contribution < 1.29 is 23.8 Å². The Morgan fingerprint density at radius 2 is 1.90 bits per heavy atom. The standard InChI is InChI=1S/C22H20N2O5/c1-14-10-17(16-6-2-3-7-18(16)24-14)22(26)28-13-21(25)23-11-15-12-27-19-8-4-5-9-20(19)29-15/h2-10,15H,11-13H2,1H3,(H,23,25)/t15-/m1/s1. The molecule has 4 rings (SSSR count). The van der Waals surface area contributed by atoms with Gasteiger partial charge in [0.1, 0.15) is 12.7 Å². The largest absolute Gasteiger partial charge is 0.486 e. The summed E-state index contributed by atoms with van der Waals surface area (Å²) in [6.07, 6.45) is -0.309. The molecule has 1 amide bonds. The van der Waals surface area contributed by atoms with Crippen LogP contribution in [-0.4, -0.2) is 42.7 Å². The number of pyridine rings is 1. The molecule has 0 aliphatic carbocycles. The van der Waals surface area contributed by atoms with Gasteiger partial charge in [0.05, 0.1) is 17.6 Å².